The molecule has 0 aliphatic carbocycles. The summed E-state index contributed by atoms with van der Waals surface area (Å²) in [5, 5.41) is 0. The maximum absolute atomic E-state index is 11.2. The molecular weight excluding hydrogens is 142 g/mol. The average molecular weight is 153 g/mol. The van der Waals surface area contributed by atoms with Crippen LogP contribution in [0.2, 0.25) is 0 Å². The molecule has 0 N–H and O–H groups in total. The third kappa shape index (κ3) is 1.80. The molecule has 1 heterocycles. The highest BCUT2D eigenvalue weighted by Crippen LogP contribution is 1.98. The summed E-state index contributed by atoms with van der Waals surface area (Å²) in [6, 6.07) is -0.0434. The van der Waals surface area contributed by atoms with E-state index in [-0.39, 0.29) is 6.03 Å². The zero-order valence-electron chi connectivity index (χ0n) is 6.69. The fourth-order valence-corrected chi connectivity index (χ4v) is 0.767. The molecule has 0 aromatic heterocycles. The van der Waals surface area contributed by atoms with Crippen molar-refractivity contribution in [1.82, 2.24) is 9.80 Å². The van der Waals surface area contributed by atoms with Gasteiger partial charge >= 0.3 is 6.03 Å². The largest absolute Gasteiger partial charge is 0.330 e. The minimum atomic E-state index is -0.0434. The van der Waals surface area contributed by atoms with E-state index in [0.29, 0.717) is 6.67 Å². The molecule has 1 rings (SSSR count). The van der Waals surface area contributed by atoms with Gasteiger partial charge in [0, 0.05) is 26.5 Å². The third-order valence-electron chi connectivity index (χ3n) is 1.32. The van der Waals surface area contributed by atoms with Gasteiger partial charge < -0.3 is 4.90 Å². The van der Waals surface area contributed by atoms with Crippen molar-refractivity contribution >= 4 is 12.2 Å². The monoisotopic (exact) mass is 153 g/mol. The molecule has 0 atom stereocenters. The summed E-state index contributed by atoms with van der Waals surface area (Å²) in [7, 11) is 3.43. The first kappa shape index (κ1) is 7.78. The number of urea groups is 1. The smallest absolute Gasteiger partial charge is 0.325 e. The van der Waals surface area contributed by atoms with E-state index in [2.05, 4.69) is 4.99 Å². The van der Waals surface area contributed by atoms with Crippen molar-refractivity contribution in [2.24, 2.45) is 4.99 Å². The number of rotatable bonds is 0. The Morgan fingerprint density at radius 2 is 2.36 bits per heavy atom. The zero-order chi connectivity index (χ0) is 8.27. The van der Waals surface area contributed by atoms with Gasteiger partial charge in [-0.1, -0.05) is 0 Å². The van der Waals surface area contributed by atoms with Crippen molar-refractivity contribution in [1.29, 1.82) is 0 Å². The van der Waals surface area contributed by atoms with Crippen LogP contribution in [-0.4, -0.2) is 42.8 Å². The van der Waals surface area contributed by atoms with E-state index in [1.165, 1.54) is 4.90 Å². The molecule has 4 heteroatoms. The highest BCUT2D eigenvalue weighted by molar-refractivity contribution is 5.79. The summed E-state index contributed by atoms with van der Waals surface area (Å²) in [6.45, 7) is 0.424. The van der Waals surface area contributed by atoms with Crippen molar-refractivity contribution in [3.63, 3.8) is 0 Å². The number of hydrogen-bond donors (Lipinski definition) is 0. The van der Waals surface area contributed by atoms with Crippen molar-refractivity contribution in [2.75, 3.05) is 20.8 Å². The van der Waals surface area contributed by atoms with E-state index in [1.807, 2.05) is 0 Å². The Balaban J connectivity index is 2.55. The van der Waals surface area contributed by atoms with Crippen molar-refractivity contribution in [3.05, 3.63) is 12.3 Å². The maximum atomic E-state index is 11.2. The second-order valence-corrected chi connectivity index (χ2v) is 2.46. The molecule has 1 aliphatic heterocycles. The van der Waals surface area contributed by atoms with Gasteiger partial charge in [0.15, 0.2) is 0 Å². The number of amides is 2. The van der Waals surface area contributed by atoms with Gasteiger partial charge in [-0.05, 0) is 6.08 Å². The van der Waals surface area contributed by atoms with Gasteiger partial charge in [0.05, 0.1) is 0 Å². The second kappa shape index (κ2) is 3.18. The predicted octanol–water partition coefficient (Wildman–Crippen LogP) is 0.526. The summed E-state index contributed by atoms with van der Waals surface area (Å²) in [6.07, 6.45) is 5.14. The molecule has 0 fully saturated rings. The van der Waals surface area contributed by atoms with Gasteiger partial charge in [-0.3, -0.25) is 9.89 Å². The van der Waals surface area contributed by atoms with Crippen LogP contribution in [0.15, 0.2) is 17.3 Å². The van der Waals surface area contributed by atoms with Crippen LogP contribution in [-0.2, 0) is 0 Å². The number of hydrogen-bond acceptors (Lipinski definition) is 2. The number of nitrogens with zero attached hydrogens (tertiary/aromatic N) is 3. The quantitative estimate of drug-likeness (QED) is 0.500. The molecule has 11 heavy (non-hydrogen) atoms. The molecular formula is C7H11N3O. The maximum Gasteiger partial charge on any atom is 0.325 e. The summed E-state index contributed by atoms with van der Waals surface area (Å²) >= 11 is 0. The van der Waals surface area contributed by atoms with E-state index in [4.69, 9.17) is 0 Å². The zero-order valence-corrected chi connectivity index (χ0v) is 6.69. The van der Waals surface area contributed by atoms with E-state index in [0.717, 1.165) is 0 Å². The summed E-state index contributed by atoms with van der Waals surface area (Å²) in [5.74, 6) is 0. The van der Waals surface area contributed by atoms with E-state index in [9.17, 15) is 4.79 Å². The van der Waals surface area contributed by atoms with Crippen LogP contribution in [0.4, 0.5) is 4.79 Å². The van der Waals surface area contributed by atoms with Gasteiger partial charge in [-0.25, -0.2) is 4.79 Å². The van der Waals surface area contributed by atoms with Crippen LogP contribution in [0.25, 0.3) is 0 Å². The normalized spacial score (nSPS) is 15.3. The van der Waals surface area contributed by atoms with Crippen LogP contribution in [0.5, 0.6) is 0 Å². The Morgan fingerprint density at radius 1 is 1.64 bits per heavy atom. The molecule has 0 saturated heterocycles. The summed E-state index contributed by atoms with van der Waals surface area (Å²) in [4.78, 5) is 18.2. The van der Waals surface area contributed by atoms with Gasteiger partial charge in [-0.15, -0.1) is 0 Å². The fourth-order valence-electron chi connectivity index (χ4n) is 0.767. The van der Waals surface area contributed by atoms with Gasteiger partial charge in [0.1, 0.15) is 6.67 Å². The van der Waals surface area contributed by atoms with Crippen LogP contribution in [0.3, 0.4) is 0 Å². The Morgan fingerprint density at radius 3 is 2.82 bits per heavy atom. The topological polar surface area (TPSA) is 35.9 Å². The van der Waals surface area contributed by atoms with Gasteiger partial charge in [-0.2, -0.15) is 0 Å². The number of carbonyl (C=O) groups excluding carboxylic acids is 1. The lowest BCUT2D eigenvalue weighted by molar-refractivity contribution is 0.189. The minimum Gasteiger partial charge on any atom is -0.330 e. The molecule has 0 saturated carbocycles. The third-order valence-corrected chi connectivity index (χ3v) is 1.32. The molecule has 0 bridgehead atoms. The SMILES string of the molecule is CN(C)C(=O)N1C=CC=NC1. The number of carbonyl (C=O) groups is 1. The molecule has 0 radical (unpaired) electrons. The van der Waals surface area contributed by atoms with Gasteiger partial charge in [0.2, 0.25) is 0 Å². The molecule has 0 aromatic carbocycles. The molecule has 0 aromatic rings. The van der Waals surface area contributed by atoms with Crippen LogP contribution in [0.1, 0.15) is 0 Å². The van der Waals surface area contributed by atoms with E-state index < -0.39 is 0 Å². The summed E-state index contributed by atoms with van der Waals surface area (Å²) in [5.41, 5.74) is 0. The Hall–Kier alpha value is -1.32. The van der Waals surface area contributed by atoms with Crippen LogP contribution < -0.4 is 0 Å². The number of aliphatic imine (C=N–C) groups is 1. The van der Waals surface area contributed by atoms with Crippen molar-refractivity contribution in [2.45, 2.75) is 0 Å². The lowest BCUT2D eigenvalue weighted by atomic mass is 10.5. The highest BCUT2D eigenvalue weighted by atomic mass is 16.2. The van der Waals surface area contributed by atoms with E-state index >= 15 is 0 Å². The first-order valence-corrected chi connectivity index (χ1v) is 3.36. The molecule has 60 valence electrons. The minimum absolute atomic E-state index is 0.0434. The van der Waals surface area contributed by atoms with E-state index in [1.54, 1.807) is 37.5 Å². The van der Waals surface area contributed by atoms with Crippen molar-refractivity contribution < 1.29 is 4.79 Å². The summed E-state index contributed by atoms with van der Waals surface area (Å²) < 4.78 is 0. The number of allylic oxidation sites excluding steroid dienone is 1. The van der Waals surface area contributed by atoms with Gasteiger partial charge in [0.25, 0.3) is 0 Å². The second-order valence-electron chi connectivity index (χ2n) is 2.46. The molecule has 4 nitrogen and oxygen atoms in total. The Kier molecular flexibility index (Phi) is 2.25. The first-order valence-electron chi connectivity index (χ1n) is 3.36. The standard InChI is InChI=1S/C7H11N3O/c1-9(2)7(11)10-5-3-4-8-6-10/h3-5H,6H2,1-2H3. The molecule has 0 unspecified atom stereocenters. The first-order chi connectivity index (χ1) is 5.22. The van der Waals surface area contributed by atoms with Crippen LogP contribution in [0, 0.1) is 0 Å². The predicted molar refractivity (Wildman–Crippen MR) is 43.4 cm³/mol. The lowest BCUT2D eigenvalue weighted by Gasteiger charge is -2.21. The van der Waals surface area contributed by atoms with Crippen LogP contribution >= 0.6 is 0 Å². The fraction of sp³-hybridized carbons (Fsp3) is 0.429. The van der Waals surface area contributed by atoms with Crippen molar-refractivity contribution in [3.8, 4) is 0 Å². The highest BCUT2D eigenvalue weighted by Gasteiger charge is 2.11. The Labute approximate surface area is 65.8 Å². The lowest BCUT2D eigenvalue weighted by Crippen LogP contribution is -2.36. The average Bonchev–Trinajstić information content (AvgIpc) is 2.05. The molecule has 1 aliphatic rings. The molecule has 0 spiro atoms. The Bertz CT molecular complexity index is 208. The molecule has 2 amide bonds.